The zero-order valence-corrected chi connectivity index (χ0v) is 34.0. The molecule has 2 aliphatic heterocycles. The molecular formula is C53H47N3S. The van der Waals surface area contributed by atoms with E-state index in [0.717, 1.165) is 57.5 Å². The van der Waals surface area contributed by atoms with Gasteiger partial charge in [-0.05, 0) is 95.6 Å². The van der Waals surface area contributed by atoms with E-state index in [9.17, 15) is 0 Å². The van der Waals surface area contributed by atoms with Gasteiger partial charge in [-0.3, -0.25) is 0 Å². The maximum Gasteiger partial charge on any atom is 0.160 e. The fraction of sp³-hybridized carbons (Fsp3) is 0.170. The molecule has 5 aromatic carbocycles. The largest absolute Gasteiger partial charge is 0.310 e. The second-order valence-corrected chi connectivity index (χ2v) is 17.2. The van der Waals surface area contributed by atoms with Crippen molar-refractivity contribution in [1.29, 1.82) is 0 Å². The van der Waals surface area contributed by atoms with Crippen LogP contribution in [0.3, 0.4) is 0 Å². The van der Waals surface area contributed by atoms with Crippen molar-refractivity contribution in [1.82, 2.24) is 9.97 Å². The molecule has 57 heavy (non-hydrogen) atoms. The number of nitrogens with zero attached hydrogens (tertiary/aromatic N) is 3. The normalized spacial score (nSPS) is 18.2. The number of hydrogen-bond acceptors (Lipinski definition) is 4. The zero-order valence-electron chi connectivity index (χ0n) is 33.2. The summed E-state index contributed by atoms with van der Waals surface area (Å²) >= 11 is 1.95. The molecule has 3 aliphatic rings. The predicted molar refractivity (Wildman–Crippen MR) is 244 cm³/mol. The van der Waals surface area contributed by atoms with E-state index in [-0.39, 0.29) is 11.3 Å². The van der Waals surface area contributed by atoms with Crippen LogP contribution in [-0.4, -0.2) is 15.2 Å². The minimum Gasteiger partial charge on any atom is -0.310 e. The lowest BCUT2D eigenvalue weighted by Crippen LogP contribution is -2.36. The Balaban J connectivity index is 1.22. The lowest BCUT2D eigenvalue weighted by atomic mass is 9.63. The summed E-state index contributed by atoms with van der Waals surface area (Å²) in [5, 5.41) is 1.46. The molecule has 6 aromatic rings. The van der Waals surface area contributed by atoms with E-state index in [0.29, 0.717) is 11.1 Å². The lowest BCUT2D eigenvalue weighted by molar-refractivity contribution is 0.393. The van der Waals surface area contributed by atoms with Crippen molar-refractivity contribution in [3.63, 3.8) is 0 Å². The summed E-state index contributed by atoms with van der Waals surface area (Å²) in [7, 11) is 0. The van der Waals surface area contributed by atoms with E-state index in [1.54, 1.807) is 0 Å². The molecule has 1 aliphatic carbocycles. The number of fused-ring (bicyclic) bond motifs is 5. The molecule has 4 heteroatoms. The first-order chi connectivity index (χ1) is 27.8. The Hall–Kier alpha value is -5.97. The molecule has 0 N–H and O–H groups in total. The highest BCUT2D eigenvalue weighted by Crippen LogP contribution is 2.58. The van der Waals surface area contributed by atoms with Crippen LogP contribution < -0.4 is 4.90 Å². The van der Waals surface area contributed by atoms with E-state index in [1.807, 2.05) is 48.2 Å². The second-order valence-electron chi connectivity index (χ2n) is 15.7. The van der Waals surface area contributed by atoms with Crippen molar-refractivity contribution in [3.05, 3.63) is 193 Å². The number of benzene rings is 5. The zero-order chi connectivity index (χ0) is 39.3. The Morgan fingerprint density at radius 2 is 1.49 bits per heavy atom. The SMILES string of the molecule is C=CC1=C(C=C)C(C)(C)C2C=C1N(c1ccc3nc(-c4ccccc4)nc(-c4ccccc4)c3c1)c1ccc(-c3ccc4c(c3)C(C/C=C\CC)=CC(C)S4)cc12. The van der Waals surface area contributed by atoms with Gasteiger partial charge in [0.25, 0.3) is 0 Å². The molecule has 0 amide bonds. The first kappa shape index (κ1) is 36.7. The van der Waals surface area contributed by atoms with Crippen LogP contribution in [0.2, 0.25) is 0 Å². The minimum absolute atomic E-state index is 0.135. The molecule has 0 radical (unpaired) electrons. The summed E-state index contributed by atoms with van der Waals surface area (Å²) in [5.41, 5.74) is 15.8. The van der Waals surface area contributed by atoms with Crippen molar-refractivity contribution < 1.29 is 0 Å². The van der Waals surface area contributed by atoms with Gasteiger partial charge in [0.05, 0.1) is 22.6 Å². The molecule has 9 rings (SSSR count). The van der Waals surface area contributed by atoms with Crippen molar-refractivity contribution >= 4 is 39.6 Å². The first-order valence-electron chi connectivity index (χ1n) is 20.0. The Labute approximate surface area is 341 Å². The summed E-state index contributed by atoms with van der Waals surface area (Å²) in [4.78, 5) is 14.1. The summed E-state index contributed by atoms with van der Waals surface area (Å²) in [6, 6.07) is 41.4. The first-order valence-corrected chi connectivity index (χ1v) is 20.9. The van der Waals surface area contributed by atoms with Crippen molar-refractivity contribution in [2.45, 2.75) is 56.6 Å². The van der Waals surface area contributed by atoms with Crippen LogP contribution in [-0.2, 0) is 0 Å². The second kappa shape index (κ2) is 14.8. The van der Waals surface area contributed by atoms with Gasteiger partial charge in [0.15, 0.2) is 5.82 Å². The molecule has 3 heterocycles. The molecule has 0 spiro atoms. The highest BCUT2D eigenvalue weighted by atomic mass is 32.2. The van der Waals surface area contributed by atoms with Gasteiger partial charge in [-0.2, -0.15) is 0 Å². The van der Waals surface area contributed by atoms with E-state index >= 15 is 0 Å². The Morgan fingerprint density at radius 3 is 2.23 bits per heavy atom. The molecule has 2 atom stereocenters. The molecule has 0 saturated carbocycles. The number of aromatic nitrogens is 2. The summed E-state index contributed by atoms with van der Waals surface area (Å²) in [5.74, 6) is 0.851. The Kier molecular flexibility index (Phi) is 9.54. The molecular weight excluding hydrogens is 711 g/mol. The smallest absolute Gasteiger partial charge is 0.160 e. The Morgan fingerprint density at radius 1 is 0.754 bits per heavy atom. The van der Waals surface area contributed by atoms with E-state index in [2.05, 4.69) is 161 Å². The Bertz CT molecular complexity index is 2700. The maximum atomic E-state index is 5.22. The number of anilines is 2. The van der Waals surface area contributed by atoms with Crippen LogP contribution in [0.15, 0.2) is 187 Å². The monoisotopic (exact) mass is 757 g/mol. The van der Waals surface area contributed by atoms with Crippen molar-refractivity contribution in [2.75, 3.05) is 4.90 Å². The van der Waals surface area contributed by atoms with Crippen LogP contribution in [0, 0.1) is 5.41 Å². The van der Waals surface area contributed by atoms with Crippen LogP contribution in [0.25, 0.3) is 50.2 Å². The molecule has 280 valence electrons. The number of hydrogen-bond donors (Lipinski definition) is 0. The van der Waals surface area contributed by atoms with Crippen molar-refractivity contribution in [3.8, 4) is 33.8 Å². The van der Waals surface area contributed by atoms with Crippen LogP contribution in [0.5, 0.6) is 0 Å². The van der Waals surface area contributed by atoms with Gasteiger partial charge in [0.1, 0.15) is 0 Å². The van der Waals surface area contributed by atoms with Gasteiger partial charge in [-0.15, -0.1) is 11.8 Å². The maximum absolute atomic E-state index is 5.22. The van der Waals surface area contributed by atoms with Crippen LogP contribution in [0.1, 0.15) is 57.6 Å². The molecule has 3 nitrogen and oxygen atoms in total. The van der Waals surface area contributed by atoms with Crippen molar-refractivity contribution in [2.24, 2.45) is 5.41 Å². The van der Waals surface area contributed by atoms with E-state index < -0.39 is 0 Å². The third kappa shape index (κ3) is 6.42. The predicted octanol–water partition coefficient (Wildman–Crippen LogP) is 14.7. The highest BCUT2D eigenvalue weighted by Gasteiger charge is 2.43. The summed E-state index contributed by atoms with van der Waals surface area (Å²) in [6.07, 6.45) is 15.6. The van der Waals surface area contributed by atoms with Gasteiger partial charge in [-0.25, -0.2) is 9.97 Å². The fourth-order valence-electron chi connectivity index (χ4n) is 8.98. The average Bonchev–Trinajstić information content (AvgIpc) is 3.24. The molecule has 2 bridgehead atoms. The molecule has 2 unspecified atom stereocenters. The third-order valence-corrected chi connectivity index (χ3v) is 12.9. The minimum atomic E-state index is -0.204. The fourth-order valence-corrected chi connectivity index (χ4v) is 10.1. The number of allylic oxidation sites excluding steroid dienone is 7. The molecule has 0 saturated heterocycles. The highest BCUT2D eigenvalue weighted by molar-refractivity contribution is 8.00. The van der Waals surface area contributed by atoms with Crippen LogP contribution in [0.4, 0.5) is 11.4 Å². The topological polar surface area (TPSA) is 29.0 Å². The quantitative estimate of drug-likeness (QED) is 0.137. The van der Waals surface area contributed by atoms with E-state index in [1.165, 1.54) is 44.0 Å². The van der Waals surface area contributed by atoms with Gasteiger partial charge < -0.3 is 4.90 Å². The van der Waals surface area contributed by atoms with Crippen LogP contribution >= 0.6 is 11.8 Å². The van der Waals surface area contributed by atoms with Gasteiger partial charge in [-0.1, -0.05) is 143 Å². The summed E-state index contributed by atoms with van der Waals surface area (Å²) < 4.78 is 0. The molecule has 1 aromatic heterocycles. The third-order valence-electron chi connectivity index (χ3n) is 11.8. The van der Waals surface area contributed by atoms with Gasteiger partial charge >= 0.3 is 0 Å². The standard InChI is InChI=1S/C53H47N3S/c1-7-10-13-22-39-29-34(4)57-50-28-24-38(30-42(39)50)37-23-27-48-43(31-37)46-33-49(41(8-2)45(9-3)53(46,5)6)56(48)40-25-26-47-44(32-40)51(35-18-14-11-15-19-35)55-52(54-47)36-20-16-12-17-21-36/h8-21,23-34,46H,2-3,7,22H2,1,4-6H3/b13-10-. The number of thioether (sulfide) groups is 1. The number of rotatable bonds is 9. The van der Waals surface area contributed by atoms with Gasteiger partial charge in [0.2, 0.25) is 0 Å². The molecule has 0 fully saturated rings. The van der Waals surface area contributed by atoms with Gasteiger partial charge in [0, 0.05) is 49.3 Å². The van der Waals surface area contributed by atoms with E-state index in [4.69, 9.17) is 9.97 Å². The average molecular weight is 758 g/mol. The summed E-state index contributed by atoms with van der Waals surface area (Å²) in [6.45, 7) is 17.9. The lowest BCUT2D eigenvalue weighted by Gasteiger charge is -2.47.